The van der Waals surface area contributed by atoms with Gasteiger partial charge >= 0.3 is 5.97 Å². The van der Waals surface area contributed by atoms with Gasteiger partial charge in [-0.3, -0.25) is 4.98 Å². The van der Waals surface area contributed by atoms with Gasteiger partial charge in [-0.1, -0.05) is 25.9 Å². The number of pyridine rings is 2. The summed E-state index contributed by atoms with van der Waals surface area (Å²) in [5.41, 5.74) is 10.8. The summed E-state index contributed by atoms with van der Waals surface area (Å²) >= 11 is 0. The highest BCUT2D eigenvalue weighted by molar-refractivity contribution is 6.08. The lowest BCUT2D eigenvalue weighted by molar-refractivity contribution is 0.0488. The Morgan fingerprint density at radius 2 is 1.69 bits per heavy atom. The molecule has 4 aromatic rings. The lowest BCUT2D eigenvalue weighted by atomic mass is 9.92. The Kier molecular flexibility index (Phi) is 8.18. The van der Waals surface area contributed by atoms with E-state index in [2.05, 4.69) is 35.9 Å². The van der Waals surface area contributed by atoms with E-state index in [1.165, 1.54) is 0 Å². The van der Waals surface area contributed by atoms with Gasteiger partial charge in [0.1, 0.15) is 17.2 Å². The summed E-state index contributed by atoms with van der Waals surface area (Å²) in [6.45, 7) is 8.31. The van der Waals surface area contributed by atoms with Gasteiger partial charge in [0.25, 0.3) is 0 Å². The van der Waals surface area contributed by atoms with E-state index in [0.29, 0.717) is 23.3 Å². The van der Waals surface area contributed by atoms with Gasteiger partial charge in [0.05, 0.1) is 37.4 Å². The summed E-state index contributed by atoms with van der Waals surface area (Å²) < 4.78 is 16.5. The third-order valence-corrected chi connectivity index (χ3v) is 6.86. The molecule has 0 saturated carbocycles. The van der Waals surface area contributed by atoms with E-state index < -0.39 is 5.97 Å². The van der Waals surface area contributed by atoms with Crippen LogP contribution in [0.4, 0.5) is 0 Å². The Morgan fingerprint density at radius 3 is 2.36 bits per heavy atom. The maximum atomic E-state index is 13.0. The van der Waals surface area contributed by atoms with Crippen LogP contribution in [0, 0.1) is 6.92 Å². The SMILES string of the molecule is COc1ccc2nc(C(=O)OCCC(C)c3cc(C)nc4c(C(N)=NO)cc(OC)cc34)cc(C(C)C)c2c1. The van der Waals surface area contributed by atoms with Crippen molar-refractivity contribution in [3.8, 4) is 11.5 Å². The topological polar surface area (TPSA) is 129 Å². The van der Waals surface area contributed by atoms with Crippen molar-refractivity contribution >= 4 is 33.6 Å². The number of carbonyl (C=O) groups excluding carboxylic acids is 1. The van der Waals surface area contributed by atoms with Gasteiger partial charge in [0.15, 0.2) is 5.84 Å². The van der Waals surface area contributed by atoms with Crippen molar-refractivity contribution in [2.24, 2.45) is 10.9 Å². The average Bonchev–Trinajstić information content (AvgIpc) is 2.94. The molecule has 1 atom stereocenters. The van der Waals surface area contributed by atoms with Crippen LogP contribution in [0.25, 0.3) is 21.8 Å². The second kappa shape index (κ2) is 11.6. The monoisotopic (exact) mass is 530 g/mol. The normalized spacial score (nSPS) is 12.6. The van der Waals surface area contributed by atoms with Crippen molar-refractivity contribution in [3.05, 3.63) is 70.5 Å². The minimum absolute atomic E-state index is 0.0116. The summed E-state index contributed by atoms with van der Waals surface area (Å²) in [5, 5.41) is 14.2. The zero-order chi connectivity index (χ0) is 28.3. The van der Waals surface area contributed by atoms with E-state index >= 15 is 0 Å². The zero-order valence-electron chi connectivity index (χ0n) is 23.1. The lowest BCUT2D eigenvalue weighted by Crippen LogP contribution is -2.15. The fourth-order valence-electron chi connectivity index (χ4n) is 4.73. The molecule has 39 heavy (non-hydrogen) atoms. The van der Waals surface area contributed by atoms with Crippen LogP contribution in [0.15, 0.2) is 47.6 Å². The predicted molar refractivity (Wildman–Crippen MR) is 151 cm³/mol. The molecule has 0 aliphatic rings. The van der Waals surface area contributed by atoms with Crippen molar-refractivity contribution in [2.45, 2.75) is 46.0 Å². The van der Waals surface area contributed by atoms with Crippen molar-refractivity contribution in [3.63, 3.8) is 0 Å². The van der Waals surface area contributed by atoms with E-state index in [-0.39, 0.29) is 30.0 Å². The minimum Gasteiger partial charge on any atom is -0.497 e. The molecule has 2 aromatic heterocycles. The van der Waals surface area contributed by atoms with Crippen LogP contribution in [-0.2, 0) is 4.74 Å². The molecule has 0 radical (unpaired) electrons. The van der Waals surface area contributed by atoms with Gasteiger partial charge in [0, 0.05) is 16.5 Å². The fraction of sp³-hybridized carbons (Fsp3) is 0.333. The summed E-state index contributed by atoms with van der Waals surface area (Å²) in [6.07, 6.45) is 0.572. The zero-order valence-corrected chi connectivity index (χ0v) is 23.1. The Hall–Kier alpha value is -4.40. The molecule has 0 aliphatic heterocycles. The predicted octanol–water partition coefficient (Wildman–Crippen LogP) is 5.68. The Bertz CT molecular complexity index is 1560. The Balaban J connectivity index is 1.57. The number of carbonyl (C=O) groups is 1. The summed E-state index contributed by atoms with van der Waals surface area (Å²) in [4.78, 5) is 22.2. The van der Waals surface area contributed by atoms with Gasteiger partial charge in [-0.25, -0.2) is 9.78 Å². The first-order valence-corrected chi connectivity index (χ1v) is 12.8. The van der Waals surface area contributed by atoms with E-state index in [0.717, 1.165) is 38.9 Å². The van der Waals surface area contributed by atoms with Crippen molar-refractivity contribution < 1.29 is 24.2 Å². The average molecular weight is 531 g/mol. The fourth-order valence-corrected chi connectivity index (χ4v) is 4.73. The first-order chi connectivity index (χ1) is 18.7. The molecule has 9 heteroatoms. The van der Waals surface area contributed by atoms with Gasteiger partial charge < -0.3 is 25.2 Å². The molecule has 9 nitrogen and oxygen atoms in total. The van der Waals surface area contributed by atoms with Crippen molar-refractivity contribution in [2.75, 3.05) is 20.8 Å². The van der Waals surface area contributed by atoms with Crippen LogP contribution in [-0.4, -0.2) is 47.8 Å². The second-order valence-electron chi connectivity index (χ2n) is 9.87. The number of aryl methyl sites for hydroxylation is 1. The minimum atomic E-state index is -0.464. The number of methoxy groups -OCH3 is 2. The highest BCUT2D eigenvalue weighted by Gasteiger charge is 2.19. The number of rotatable bonds is 9. The number of hydrogen-bond donors (Lipinski definition) is 2. The van der Waals surface area contributed by atoms with Crippen LogP contribution >= 0.6 is 0 Å². The number of hydrogen-bond acceptors (Lipinski definition) is 8. The highest BCUT2D eigenvalue weighted by Crippen LogP contribution is 2.33. The Morgan fingerprint density at radius 1 is 0.974 bits per heavy atom. The molecule has 0 spiro atoms. The van der Waals surface area contributed by atoms with Crippen LogP contribution in [0.3, 0.4) is 0 Å². The maximum Gasteiger partial charge on any atom is 0.356 e. The first-order valence-electron chi connectivity index (χ1n) is 12.8. The van der Waals surface area contributed by atoms with Gasteiger partial charge in [0.2, 0.25) is 0 Å². The van der Waals surface area contributed by atoms with Gasteiger partial charge in [-0.2, -0.15) is 0 Å². The number of benzene rings is 2. The van der Waals surface area contributed by atoms with Gasteiger partial charge in [-0.05, 0) is 78.8 Å². The molecule has 0 fully saturated rings. The standard InChI is InChI=1S/C30H34N4O5/c1-16(2)21-15-27(33-26-8-7-19(37-5)12-23(21)26)30(35)39-10-9-17(3)22-11-18(4)32-28-24(22)13-20(38-6)14-25(28)29(31)34-36/h7-8,11-17,36H,9-10H2,1-6H3,(H2,31,34). The van der Waals surface area contributed by atoms with Crippen molar-refractivity contribution in [1.29, 1.82) is 0 Å². The summed E-state index contributed by atoms with van der Waals surface area (Å²) in [7, 11) is 3.18. The number of fused-ring (bicyclic) bond motifs is 2. The lowest BCUT2D eigenvalue weighted by Gasteiger charge is -2.18. The van der Waals surface area contributed by atoms with E-state index in [1.807, 2.05) is 37.3 Å². The number of nitrogens with zero attached hydrogens (tertiary/aromatic N) is 3. The molecule has 2 aromatic carbocycles. The highest BCUT2D eigenvalue weighted by atomic mass is 16.5. The molecule has 204 valence electrons. The number of ether oxygens (including phenoxy) is 3. The van der Waals surface area contributed by atoms with E-state index in [4.69, 9.17) is 19.9 Å². The third-order valence-electron chi connectivity index (χ3n) is 6.86. The first kappa shape index (κ1) is 27.6. The van der Waals surface area contributed by atoms with E-state index in [1.54, 1.807) is 26.4 Å². The molecule has 1 unspecified atom stereocenters. The number of aromatic nitrogens is 2. The Labute approximate surface area is 227 Å². The molecule has 0 amide bonds. The maximum absolute atomic E-state index is 13.0. The third kappa shape index (κ3) is 5.72. The smallest absolute Gasteiger partial charge is 0.356 e. The molecule has 0 saturated heterocycles. The molecule has 4 rings (SSSR count). The van der Waals surface area contributed by atoms with Crippen LogP contribution < -0.4 is 15.2 Å². The number of amidine groups is 1. The molecule has 2 heterocycles. The quantitative estimate of drug-likeness (QED) is 0.0930. The van der Waals surface area contributed by atoms with Crippen molar-refractivity contribution in [1.82, 2.24) is 9.97 Å². The number of nitrogens with two attached hydrogens (primary N) is 1. The largest absolute Gasteiger partial charge is 0.497 e. The van der Waals surface area contributed by atoms with Gasteiger partial charge in [-0.15, -0.1) is 0 Å². The molecular weight excluding hydrogens is 496 g/mol. The van der Waals surface area contributed by atoms with E-state index in [9.17, 15) is 10.0 Å². The van der Waals surface area contributed by atoms with Crippen LogP contribution in [0.1, 0.15) is 71.9 Å². The second-order valence-corrected chi connectivity index (χ2v) is 9.87. The van der Waals surface area contributed by atoms with Crippen LogP contribution in [0.2, 0.25) is 0 Å². The summed E-state index contributed by atoms with van der Waals surface area (Å²) in [5.74, 6) is 0.989. The van der Waals surface area contributed by atoms with Crippen LogP contribution in [0.5, 0.6) is 11.5 Å². The molecule has 0 aliphatic carbocycles. The number of oxime groups is 1. The summed E-state index contributed by atoms with van der Waals surface area (Å²) in [6, 6.07) is 13.0. The molecule has 0 bridgehead atoms. The molecule has 3 N–H and O–H groups in total. The number of esters is 1. The molecular formula is C30H34N4O5.